The third-order valence-corrected chi connectivity index (χ3v) is 7.30. The molecule has 2 atom stereocenters. The molecule has 2 aromatic heterocycles. The maximum absolute atomic E-state index is 12.8. The number of hydrogen-bond acceptors (Lipinski definition) is 10. The van der Waals surface area contributed by atoms with Gasteiger partial charge in [0.15, 0.2) is 0 Å². The van der Waals surface area contributed by atoms with E-state index in [-0.39, 0.29) is 23.4 Å². The van der Waals surface area contributed by atoms with Crippen LogP contribution in [0.3, 0.4) is 0 Å². The lowest BCUT2D eigenvalue weighted by molar-refractivity contribution is -0.146. The van der Waals surface area contributed by atoms with Crippen LogP contribution in [-0.2, 0) is 16.0 Å². The van der Waals surface area contributed by atoms with Gasteiger partial charge in [-0.25, -0.2) is 15.0 Å². The lowest BCUT2D eigenvalue weighted by Gasteiger charge is -2.38. The number of rotatable bonds is 4. The molecule has 0 radical (unpaired) electrons. The van der Waals surface area contributed by atoms with Crippen LogP contribution < -0.4 is 15.5 Å². The average Bonchev–Trinajstić information content (AvgIpc) is 3.43. The number of ether oxygens (including phenoxy) is 1. The van der Waals surface area contributed by atoms with Crippen LogP contribution in [-0.4, -0.2) is 92.4 Å². The van der Waals surface area contributed by atoms with Crippen molar-refractivity contribution in [2.24, 2.45) is 0 Å². The molecule has 0 spiro atoms. The minimum atomic E-state index is -1.39. The molecule has 0 saturated carbocycles. The first-order valence-corrected chi connectivity index (χ1v) is 12.2. The van der Waals surface area contributed by atoms with Gasteiger partial charge in [-0.05, 0) is 40.5 Å². The van der Waals surface area contributed by atoms with Crippen LogP contribution >= 0.6 is 0 Å². The molecule has 11 nitrogen and oxygen atoms in total. The molecule has 188 valence electrons. The summed E-state index contributed by atoms with van der Waals surface area (Å²) in [4.78, 5) is 37.5. The van der Waals surface area contributed by atoms with Gasteiger partial charge in [-0.2, -0.15) is 4.98 Å². The minimum absolute atomic E-state index is 0.147. The van der Waals surface area contributed by atoms with Crippen molar-refractivity contribution < 1.29 is 14.6 Å². The number of nitrogen functional groups attached to an aromatic ring is 1. The first-order valence-electron chi connectivity index (χ1n) is 12.2. The predicted molar refractivity (Wildman–Crippen MR) is 132 cm³/mol. The van der Waals surface area contributed by atoms with Gasteiger partial charge in [0.25, 0.3) is 5.91 Å². The Morgan fingerprint density at radius 2 is 1.97 bits per heavy atom. The molecule has 11 heteroatoms. The van der Waals surface area contributed by atoms with Crippen molar-refractivity contribution >= 4 is 23.6 Å². The highest BCUT2D eigenvalue weighted by Gasteiger charge is 2.46. The van der Waals surface area contributed by atoms with Crippen molar-refractivity contribution in [1.82, 2.24) is 24.8 Å². The zero-order chi connectivity index (χ0) is 25.0. The van der Waals surface area contributed by atoms with Gasteiger partial charge in [-0.3, -0.25) is 4.79 Å². The van der Waals surface area contributed by atoms with E-state index in [0.717, 1.165) is 42.0 Å². The first kappa shape index (κ1) is 23.7. The Morgan fingerprint density at radius 1 is 1.23 bits per heavy atom. The van der Waals surface area contributed by atoms with E-state index in [0.29, 0.717) is 38.8 Å². The van der Waals surface area contributed by atoms with Gasteiger partial charge in [0.2, 0.25) is 11.9 Å². The number of carbonyl (C=O) groups excluding carboxylic acids is 1. The van der Waals surface area contributed by atoms with Crippen molar-refractivity contribution in [1.29, 1.82) is 0 Å². The monoisotopic (exact) mass is 482 g/mol. The smallest absolute Gasteiger partial charge is 0.254 e. The lowest BCUT2D eigenvalue weighted by atomic mass is 9.99. The Hall–Kier alpha value is -3.05. The van der Waals surface area contributed by atoms with E-state index >= 15 is 0 Å². The second-order valence-corrected chi connectivity index (χ2v) is 10.6. The SMILES string of the molecule is C[C@H]1COCCN1c1nc(-c2cnc(N)nc2)c2c(n1)N([C@@]1(C)CCN(C(=O)C(C)(C)O)C1)CC2. The van der Waals surface area contributed by atoms with E-state index in [4.69, 9.17) is 20.4 Å². The molecule has 35 heavy (non-hydrogen) atoms. The fraction of sp³-hybridized carbons (Fsp3) is 0.625. The van der Waals surface area contributed by atoms with Gasteiger partial charge >= 0.3 is 0 Å². The molecule has 3 aliphatic heterocycles. The van der Waals surface area contributed by atoms with Gasteiger partial charge in [0, 0.05) is 49.7 Å². The van der Waals surface area contributed by atoms with E-state index < -0.39 is 5.60 Å². The Morgan fingerprint density at radius 3 is 2.66 bits per heavy atom. The molecule has 1 amide bonds. The maximum Gasteiger partial charge on any atom is 0.254 e. The number of carbonyl (C=O) groups is 1. The number of nitrogens with two attached hydrogens (primary N) is 1. The van der Waals surface area contributed by atoms with Crippen molar-refractivity contribution in [3.8, 4) is 11.3 Å². The summed E-state index contributed by atoms with van der Waals surface area (Å²) in [6.07, 6.45) is 4.99. The normalized spacial score (nSPS) is 24.7. The Balaban J connectivity index is 1.55. The topological polar surface area (TPSA) is 134 Å². The van der Waals surface area contributed by atoms with Crippen LogP contribution in [0, 0.1) is 0 Å². The number of fused-ring (bicyclic) bond motifs is 1. The summed E-state index contributed by atoms with van der Waals surface area (Å²) in [5.41, 5.74) is 6.72. The molecule has 3 aliphatic rings. The quantitative estimate of drug-likeness (QED) is 0.646. The summed E-state index contributed by atoms with van der Waals surface area (Å²) >= 11 is 0. The first-order chi connectivity index (χ1) is 16.6. The molecule has 0 aliphatic carbocycles. The zero-order valence-electron chi connectivity index (χ0n) is 20.9. The third kappa shape index (κ3) is 4.27. The minimum Gasteiger partial charge on any atom is -0.381 e. The van der Waals surface area contributed by atoms with Gasteiger partial charge in [0.1, 0.15) is 11.4 Å². The number of aliphatic hydroxyl groups is 1. The van der Waals surface area contributed by atoms with Crippen LogP contribution in [0.5, 0.6) is 0 Å². The molecule has 5 rings (SSSR count). The lowest BCUT2D eigenvalue weighted by Crippen LogP contribution is -2.51. The summed E-state index contributed by atoms with van der Waals surface area (Å²) in [6.45, 7) is 11.2. The van der Waals surface area contributed by atoms with Crippen molar-refractivity contribution in [3.63, 3.8) is 0 Å². The molecular formula is C24H34N8O3. The molecule has 3 N–H and O–H groups in total. The predicted octanol–water partition coefficient (Wildman–Crippen LogP) is 0.865. The van der Waals surface area contributed by atoms with Gasteiger partial charge < -0.3 is 30.3 Å². The zero-order valence-corrected chi connectivity index (χ0v) is 20.9. The van der Waals surface area contributed by atoms with Crippen molar-refractivity contribution in [2.75, 3.05) is 54.9 Å². The standard InChI is InChI=1S/C24H34N8O3/c1-15-13-35-10-9-31(15)22-28-18(16-11-26-21(25)27-12-16)17-5-7-32(19(17)29-22)24(4)6-8-30(14-24)20(33)23(2,3)34/h11-12,15,34H,5-10,13-14H2,1-4H3,(H2,25,26,27)/t15-,24-/m0/s1. The van der Waals surface area contributed by atoms with Crippen molar-refractivity contribution in [2.45, 2.75) is 57.7 Å². The van der Waals surface area contributed by atoms with E-state index in [1.807, 2.05) is 0 Å². The maximum atomic E-state index is 12.8. The van der Waals surface area contributed by atoms with Crippen LogP contribution in [0.25, 0.3) is 11.3 Å². The Bertz CT molecular complexity index is 1120. The van der Waals surface area contributed by atoms with E-state index in [9.17, 15) is 9.90 Å². The number of aromatic nitrogens is 4. The Kier molecular flexibility index (Phi) is 5.79. The molecule has 0 aromatic carbocycles. The van der Waals surface area contributed by atoms with E-state index in [1.165, 1.54) is 0 Å². The number of nitrogens with zero attached hydrogens (tertiary/aromatic N) is 7. The van der Waals surface area contributed by atoms with Crippen LogP contribution in [0.4, 0.5) is 17.7 Å². The van der Waals surface area contributed by atoms with Gasteiger partial charge in [-0.15, -0.1) is 0 Å². The van der Waals surface area contributed by atoms with Crippen LogP contribution in [0.15, 0.2) is 12.4 Å². The summed E-state index contributed by atoms with van der Waals surface area (Å²) in [5.74, 6) is 1.52. The van der Waals surface area contributed by atoms with Gasteiger partial charge in [0.05, 0.1) is 30.5 Å². The number of likely N-dealkylation sites (tertiary alicyclic amines) is 1. The molecular weight excluding hydrogens is 448 g/mol. The molecule has 2 saturated heterocycles. The van der Waals surface area contributed by atoms with Gasteiger partial charge in [-0.1, -0.05) is 0 Å². The van der Waals surface area contributed by atoms with Crippen LogP contribution in [0.2, 0.25) is 0 Å². The van der Waals surface area contributed by atoms with E-state index in [1.54, 1.807) is 31.1 Å². The highest BCUT2D eigenvalue weighted by molar-refractivity contribution is 5.84. The molecule has 2 fully saturated rings. The second kappa shape index (κ2) is 8.56. The highest BCUT2D eigenvalue weighted by atomic mass is 16.5. The molecule has 0 bridgehead atoms. The number of amides is 1. The largest absolute Gasteiger partial charge is 0.381 e. The average molecular weight is 483 g/mol. The summed E-state index contributed by atoms with van der Waals surface area (Å²) < 4.78 is 5.63. The molecule has 5 heterocycles. The van der Waals surface area contributed by atoms with Crippen LogP contribution in [0.1, 0.15) is 39.7 Å². The summed E-state index contributed by atoms with van der Waals surface area (Å²) in [7, 11) is 0. The highest BCUT2D eigenvalue weighted by Crippen LogP contribution is 2.42. The number of hydrogen-bond donors (Lipinski definition) is 2. The van der Waals surface area contributed by atoms with E-state index in [2.05, 4.69) is 33.6 Å². The summed E-state index contributed by atoms with van der Waals surface area (Å²) in [5, 5.41) is 10.3. The third-order valence-electron chi connectivity index (χ3n) is 7.30. The fourth-order valence-electron chi connectivity index (χ4n) is 5.35. The second-order valence-electron chi connectivity index (χ2n) is 10.6. The molecule has 0 unspecified atom stereocenters. The Labute approximate surface area is 205 Å². The summed E-state index contributed by atoms with van der Waals surface area (Å²) in [6, 6.07) is 0.147. The number of morpholine rings is 1. The number of anilines is 3. The van der Waals surface area contributed by atoms with Crippen molar-refractivity contribution in [3.05, 3.63) is 18.0 Å². The molecule has 2 aromatic rings. The fourth-order valence-corrected chi connectivity index (χ4v) is 5.35.